The Labute approximate surface area is 150 Å². The summed E-state index contributed by atoms with van der Waals surface area (Å²) in [4.78, 5) is 24.5. The molecule has 2 rings (SSSR count). The van der Waals surface area contributed by atoms with E-state index in [2.05, 4.69) is 6.92 Å². The first-order valence-corrected chi connectivity index (χ1v) is 8.45. The molecule has 0 saturated heterocycles. The van der Waals surface area contributed by atoms with E-state index < -0.39 is 23.6 Å². The fourth-order valence-corrected chi connectivity index (χ4v) is 2.36. The molecule has 0 fully saturated rings. The molecule has 0 N–H and O–H groups in total. The Morgan fingerprint density at radius 2 is 1.50 bits per heavy atom. The molecule has 0 aliphatic carbocycles. The maximum absolute atomic E-state index is 13.2. The minimum Gasteiger partial charge on any atom is -0.462 e. The van der Waals surface area contributed by atoms with Crippen LogP contribution in [0.4, 0.5) is 8.78 Å². The number of hydrogen-bond donors (Lipinski definition) is 0. The van der Waals surface area contributed by atoms with Crippen LogP contribution in [0.15, 0.2) is 42.5 Å². The highest BCUT2D eigenvalue weighted by Crippen LogP contribution is 2.19. The van der Waals surface area contributed by atoms with Crippen LogP contribution in [0.5, 0.6) is 5.75 Å². The van der Waals surface area contributed by atoms with Crippen molar-refractivity contribution < 1.29 is 27.8 Å². The lowest BCUT2D eigenvalue weighted by atomic mass is 10.1. The molecule has 0 aliphatic heterocycles. The zero-order chi connectivity index (χ0) is 18.9. The van der Waals surface area contributed by atoms with Gasteiger partial charge in [-0.1, -0.05) is 38.3 Å². The number of hydrogen-bond acceptors (Lipinski definition) is 4. The summed E-state index contributed by atoms with van der Waals surface area (Å²) in [6.07, 6.45) is 3.83. The number of esters is 2. The molecule has 0 unspecified atom stereocenters. The summed E-state index contributed by atoms with van der Waals surface area (Å²) >= 11 is 0. The third-order valence-corrected chi connectivity index (χ3v) is 3.64. The Hall–Kier alpha value is -2.76. The van der Waals surface area contributed by atoms with Gasteiger partial charge >= 0.3 is 11.9 Å². The number of carbonyl (C=O) groups is 2. The zero-order valence-electron chi connectivity index (χ0n) is 14.5. The Kier molecular flexibility index (Phi) is 7.26. The fourth-order valence-electron chi connectivity index (χ4n) is 2.36. The molecule has 0 aromatic heterocycles. The second kappa shape index (κ2) is 9.65. The average molecular weight is 362 g/mol. The van der Waals surface area contributed by atoms with Gasteiger partial charge in [0.25, 0.3) is 0 Å². The number of carbonyl (C=O) groups excluding carboxylic acids is 2. The van der Waals surface area contributed by atoms with Crippen molar-refractivity contribution >= 4 is 11.9 Å². The number of rotatable bonds is 8. The predicted molar refractivity (Wildman–Crippen MR) is 92.2 cm³/mol. The third kappa shape index (κ3) is 5.65. The topological polar surface area (TPSA) is 52.6 Å². The molecule has 2 aromatic carbocycles. The van der Waals surface area contributed by atoms with Crippen LogP contribution >= 0.6 is 0 Å². The van der Waals surface area contributed by atoms with Gasteiger partial charge in [-0.3, -0.25) is 0 Å². The van der Waals surface area contributed by atoms with Crippen LogP contribution in [0.3, 0.4) is 0 Å². The molecule has 0 spiro atoms. The molecule has 0 radical (unpaired) electrons. The van der Waals surface area contributed by atoms with E-state index in [9.17, 15) is 18.4 Å². The molecule has 6 heteroatoms. The van der Waals surface area contributed by atoms with Crippen LogP contribution in [-0.4, -0.2) is 18.5 Å². The summed E-state index contributed by atoms with van der Waals surface area (Å²) in [5.41, 5.74) is 0.0144. The predicted octanol–water partition coefficient (Wildman–Crippen LogP) is 4.92. The number of halogens is 2. The fraction of sp³-hybridized carbons (Fsp3) is 0.300. The standard InChI is InChI=1S/C20H20F2O4/c1-2-3-4-7-10-25-19(23)17-8-5-6-9-18(17)20(24)26-16-12-14(21)11-15(22)13-16/h5-6,8-9,11-13H,2-4,7,10H2,1H3. The molecule has 0 atom stereocenters. The molecule has 4 nitrogen and oxygen atoms in total. The maximum Gasteiger partial charge on any atom is 0.344 e. The number of benzene rings is 2. The van der Waals surface area contributed by atoms with E-state index in [0.717, 1.165) is 37.8 Å². The van der Waals surface area contributed by atoms with E-state index in [0.29, 0.717) is 6.07 Å². The van der Waals surface area contributed by atoms with Crippen LogP contribution in [0.2, 0.25) is 0 Å². The van der Waals surface area contributed by atoms with Gasteiger partial charge in [0.1, 0.15) is 17.4 Å². The van der Waals surface area contributed by atoms with Gasteiger partial charge in [-0.25, -0.2) is 18.4 Å². The highest BCUT2D eigenvalue weighted by Gasteiger charge is 2.20. The normalized spacial score (nSPS) is 10.4. The quantitative estimate of drug-likeness (QED) is 0.380. The Morgan fingerprint density at radius 3 is 2.12 bits per heavy atom. The first-order chi connectivity index (χ1) is 12.5. The molecular weight excluding hydrogens is 342 g/mol. The van der Waals surface area contributed by atoms with Crippen LogP contribution < -0.4 is 4.74 Å². The summed E-state index contributed by atoms with van der Waals surface area (Å²) in [6, 6.07) is 8.42. The summed E-state index contributed by atoms with van der Waals surface area (Å²) in [6.45, 7) is 2.34. The lowest BCUT2D eigenvalue weighted by Gasteiger charge is -2.10. The first kappa shape index (κ1) is 19.6. The smallest absolute Gasteiger partial charge is 0.344 e. The second-order valence-corrected chi connectivity index (χ2v) is 5.74. The molecule has 0 saturated carbocycles. The molecule has 2 aromatic rings. The Bertz CT molecular complexity index is 754. The number of ether oxygens (including phenoxy) is 2. The van der Waals surface area contributed by atoms with Crippen molar-refractivity contribution in [2.75, 3.05) is 6.61 Å². The molecule has 138 valence electrons. The molecule has 0 bridgehead atoms. The largest absolute Gasteiger partial charge is 0.462 e. The summed E-state index contributed by atoms with van der Waals surface area (Å²) in [5.74, 6) is -3.55. The molecular formula is C20H20F2O4. The van der Waals surface area contributed by atoms with E-state index in [4.69, 9.17) is 9.47 Å². The molecule has 26 heavy (non-hydrogen) atoms. The van der Waals surface area contributed by atoms with Crippen molar-refractivity contribution in [3.05, 3.63) is 65.2 Å². The second-order valence-electron chi connectivity index (χ2n) is 5.74. The first-order valence-electron chi connectivity index (χ1n) is 8.45. The minimum absolute atomic E-state index is 0.0317. The van der Waals surface area contributed by atoms with Crippen molar-refractivity contribution in [1.82, 2.24) is 0 Å². The Balaban J connectivity index is 2.07. The van der Waals surface area contributed by atoms with E-state index in [1.54, 1.807) is 12.1 Å². The minimum atomic E-state index is -0.895. The lowest BCUT2D eigenvalue weighted by Crippen LogP contribution is -2.16. The Morgan fingerprint density at radius 1 is 0.885 bits per heavy atom. The van der Waals surface area contributed by atoms with Crippen molar-refractivity contribution in [3.8, 4) is 5.75 Å². The van der Waals surface area contributed by atoms with Crippen LogP contribution in [0.1, 0.15) is 53.3 Å². The van der Waals surface area contributed by atoms with Gasteiger partial charge in [0.05, 0.1) is 17.7 Å². The SMILES string of the molecule is CCCCCCOC(=O)c1ccccc1C(=O)Oc1cc(F)cc(F)c1. The summed E-state index contributed by atoms with van der Waals surface area (Å²) in [7, 11) is 0. The van der Waals surface area contributed by atoms with Crippen molar-refractivity contribution in [1.29, 1.82) is 0 Å². The lowest BCUT2D eigenvalue weighted by molar-refractivity contribution is 0.0489. The van der Waals surface area contributed by atoms with E-state index >= 15 is 0 Å². The summed E-state index contributed by atoms with van der Waals surface area (Å²) < 4.78 is 36.6. The van der Waals surface area contributed by atoms with Crippen LogP contribution in [0, 0.1) is 11.6 Å². The van der Waals surface area contributed by atoms with Gasteiger partial charge in [0.2, 0.25) is 0 Å². The van der Waals surface area contributed by atoms with Gasteiger partial charge < -0.3 is 9.47 Å². The maximum atomic E-state index is 13.2. The van der Waals surface area contributed by atoms with Crippen molar-refractivity contribution in [3.63, 3.8) is 0 Å². The van der Waals surface area contributed by atoms with Gasteiger partial charge in [-0.05, 0) is 18.6 Å². The van der Waals surface area contributed by atoms with E-state index in [1.807, 2.05) is 0 Å². The summed E-state index contributed by atoms with van der Waals surface area (Å²) in [5, 5.41) is 0. The zero-order valence-corrected chi connectivity index (χ0v) is 14.5. The van der Waals surface area contributed by atoms with Crippen LogP contribution in [-0.2, 0) is 4.74 Å². The molecule has 0 heterocycles. The van der Waals surface area contributed by atoms with Crippen LogP contribution in [0.25, 0.3) is 0 Å². The highest BCUT2D eigenvalue weighted by molar-refractivity contribution is 6.03. The van der Waals surface area contributed by atoms with E-state index in [1.165, 1.54) is 12.1 Å². The highest BCUT2D eigenvalue weighted by atomic mass is 19.1. The van der Waals surface area contributed by atoms with Crippen molar-refractivity contribution in [2.45, 2.75) is 32.6 Å². The van der Waals surface area contributed by atoms with Gasteiger partial charge in [-0.2, -0.15) is 0 Å². The van der Waals surface area contributed by atoms with Gasteiger partial charge in [-0.15, -0.1) is 0 Å². The third-order valence-electron chi connectivity index (χ3n) is 3.64. The van der Waals surface area contributed by atoms with Gasteiger partial charge in [0, 0.05) is 18.2 Å². The van der Waals surface area contributed by atoms with E-state index in [-0.39, 0.29) is 23.5 Å². The number of unbranched alkanes of at least 4 members (excludes halogenated alkanes) is 3. The van der Waals surface area contributed by atoms with Gasteiger partial charge in [0.15, 0.2) is 0 Å². The molecule has 0 amide bonds. The molecule has 0 aliphatic rings. The monoisotopic (exact) mass is 362 g/mol. The van der Waals surface area contributed by atoms with Crippen molar-refractivity contribution in [2.24, 2.45) is 0 Å². The average Bonchev–Trinajstić information content (AvgIpc) is 2.60.